The van der Waals surface area contributed by atoms with E-state index in [0.29, 0.717) is 11.7 Å². The van der Waals surface area contributed by atoms with E-state index in [1.165, 1.54) is 7.11 Å². The molecule has 1 aromatic rings. The summed E-state index contributed by atoms with van der Waals surface area (Å²) >= 11 is 0. The lowest BCUT2D eigenvalue weighted by Gasteiger charge is -2.21. The number of hydrogen-bond acceptors (Lipinski definition) is 5. The van der Waals surface area contributed by atoms with Crippen molar-refractivity contribution >= 4 is 11.5 Å². The van der Waals surface area contributed by atoms with E-state index in [4.69, 9.17) is 10.5 Å². The summed E-state index contributed by atoms with van der Waals surface area (Å²) in [4.78, 5) is 10.2. The first-order chi connectivity index (χ1) is 6.72. The molecule has 1 rings (SSSR count). The number of nitrogen functional groups attached to an aromatic ring is 1. The Kier molecular flexibility index (Phi) is 3.50. The van der Waals surface area contributed by atoms with Crippen molar-refractivity contribution in [2.45, 2.75) is 13.8 Å². The maximum Gasteiger partial charge on any atom is 0.318 e. The Morgan fingerprint density at radius 2 is 2.07 bits per heavy atom. The topological polar surface area (TPSA) is 64.3 Å². The molecule has 0 aliphatic carbocycles. The molecule has 0 amide bonds. The summed E-state index contributed by atoms with van der Waals surface area (Å²) in [6.07, 6.45) is 1.57. The Hall–Kier alpha value is -1.52. The predicted molar refractivity (Wildman–Crippen MR) is 56.6 cm³/mol. The molecule has 78 valence electrons. The van der Waals surface area contributed by atoms with E-state index in [0.717, 1.165) is 18.9 Å². The summed E-state index contributed by atoms with van der Waals surface area (Å²) in [5, 5.41) is 0. The zero-order valence-electron chi connectivity index (χ0n) is 8.82. The van der Waals surface area contributed by atoms with Crippen molar-refractivity contribution in [2.75, 3.05) is 30.8 Å². The van der Waals surface area contributed by atoms with Gasteiger partial charge in [0.05, 0.1) is 19.0 Å². The van der Waals surface area contributed by atoms with Gasteiger partial charge in [-0.1, -0.05) is 0 Å². The molecular weight excluding hydrogens is 180 g/mol. The van der Waals surface area contributed by atoms with Gasteiger partial charge in [-0.05, 0) is 13.8 Å². The number of aromatic nitrogens is 2. The van der Waals surface area contributed by atoms with E-state index in [1.807, 2.05) is 0 Å². The SMILES string of the molecule is CCN(CC)c1nc(OC)ncc1N. The Balaban J connectivity index is 3.04. The Morgan fingerprint density at radius 1 is 1.43 bits per heavy atom. The minimum absolute atomic E-state index is 0.348. The first-order valence-electron chi connectivity index (χ1n) is 4.64. The van der Waals surface area contributed by atoms with Crippen LogP contribution in [-0.4, -0.2) is 30.2 Å². The molecule has 0 bridgehead atoms. The highest BCUT2D eigenvalue weighted by Crippen LogP contribution is 2.20. The third-order valence-electron chi connectivity index (χ3n) is 2.02. The van der Waals surface area contributed by atoms with Gasteiger partial charge in [0.25, 0.3) is 0 Å². The largest absolute Gasteiger partial charge is 0.467 e. The molecule has 0 aliphatic heterocycles. The molecule has 5 nitrogen and oxygen atoms in total. The second-order valence-electron chi connectivity index (χ2n) is 2.81. The second kappa shape index (κ2) is 4.64. The molecule has 0 aromatic carbocycles. The Bertz CT molecular complexity index is 299. The highest BCUT2D eigenvalue weighted by molar-refractivity contribution is 5.61. The number of anilines is 2. The maximum atomic E-state index is 5.77. The van der Waals surface area contributed by atoms with Crippen molar-refractivity contribution < 1.29 is 4.74 Å². The number of rotatable bonds is 4. The summed E-state index contributed by atoms with van der Waals surface area (Å²) in [5.74, 6) is 0.738. The van der Waals surface area contributed by atoms with Crippen molar-refractivity contribution in [3.05, 3.63) is 6.20 Å². The molecule has 0 spiro atoms. The molecule has 2 N–H and O–H groups in total. The van der Waals surface area contributed by atoms with Crippen molar-refractivity contribution in [1.82, 2.24) is 9.97 Å². The third kappa shape index (κ3) is 2.04. The zero-order valence-corrected chi connectivity index (χ0v) is 8.82. The van der Waals surface area contributed by atoms with E-state index in [1.54, 1.807) is 6.20 Å². The minimum atomic E-state index is 0.348. The highest BCUT2D eigenvalue weighted by Gasteiger charge is 2.09. The number of nitrogens with zero attached hydrogens (tertiary/aromatic N) is 3. The van der Waals surface area contributed by atoms with E-state index in [-0.39, 0.29) is 0 Å². The second-order valence-corrected chi connectivity index (χ2v) is 2.81. The van der Waals surface area contributed by atoms with Gasteiger partial charge in [0.1, 0.15) is 0 Å². The molecule has 0 atom stereocenters. The smallest absolute Gasteiger partial charge is 0.318 e. The number of methoxy groups -OCH3 is 1. The fourth-order valence-corrected chi connectivity index (χ4v) is 1.24. The number of hydrogen-bond donors (Lipinski definition) is 1. The van der Waals surface area contributed by atoms with Crippen LogP contribution in [0.4, 0.5) is 11.5 Å². The van der Waals surface area contributed by atoms with Crippen molar-refractivity contribution in [3.8, 4) is 6.01 Å². The van der Waals surface area contributed by atoms with Gasteiger partial charge in [-0.2, -0.15) is 4.98 Å². The van der Waals surface area contributed by atoms with E-state index in [9.17, 15) is 0 Å². The molecule has 0 saturated heterocycles. The summed E-state index contributed by atoms with van der Waals surface area (Å²) in [6.45, 7) is 5.83. The molecule has 1 heterocycles. The van der Waals surface area contributed by atoms with Crippen LogP contribution in [0.5, 0.6) is 6.01 Å². The maximum absolute atomic E-state index is 5.77. The Labute approximate surface area is 83.9 Å². The van der Waals surface area contributed by atoms with Crippen LogP contribution in [0.15, 0.2) is 6.20 Å². The van der Waals surface area contributed by atoms with Crippen molar-refractivity contribution in [2.24, 2.45) is 0 Å². The molecule has 0 unspecified atom stereocenters. The predicted octanol–water partition coefficient (Wildman–Crippen LogP) is 0.914. The summed E-state index contributed by atoms with van der Waals surface area (Å²) in [5.41, 5.74) is 6.35. The van der Waals surface area contributed by atoms with E-state index >= 15 is 0 Å². The van der Waals surface area contributed by atoms with E-state index in [2.05, 4.69) is 28.7 Å². The fourth-order valence-electron chi connectivity index (χ4n) is 1.24. The van der Waals surface area contributed by atoms with Crippen LogP contribution in [-0.2, 0) is 0 Å². The Morgan fingerprint density at radius 3 is 2.57 bits per heavy atom. The molecule has 5 heteroatoms. The van der Waals surface area contributed by atoms with Gasteiger partial charge in [0, 0.05) is 13.1 Å². The molecule has 0 radical (unpaired) electrons. The third-order valence-corrected chi connectivity index (χ3v) is 2.02. The van der Waals surface area contributed by atoms with Crippen LogP contribution in [0, 0.1) is 0 Å². The zero-order chi connectivity index (χ0) is 10.6. The molecule has 1 aromatic heterocycles. The van der Waals surface area contributed by atoms with Gasteiger partial charge in [-0.3, -0.25) is 0 Å². The summed E-state index contributed by atoms with van der Waals surface area (Å²) in [7, 11) is 1.54. The van der Waals surface area contributed by atoms with Gasteiger partial charge in [0.2, 0.25) is 0 Å². The standard InChI is InChI=1S/C9H16N4O/c1-4-13(5-2)8-7(10)6-11-9(12-8)14-3/h6H,4-5,10H2,1-3H3. The first-order valence-corrected chi connectivity index (χ1v) is 4.64. The molecule has 14 heavy (non-hydrogen) atoms. The van der Waals surface area contributed by atoms with Gasteiger partial charge in [-0.15, -0.1) is 0 Å². The van der Waals surface area contributed by atoms with Crippen LogP contribution in [0.1, 0.15) is 13.8 Å². The van der Waals surface area contributed by atoms with E-state index < -0.39 is 0 Å². The molecule has 0 saturated carbocycles. The lowest BCUT2D eigenvalue weighted by atomic mass is 10.4. The van der Waals surface area contributed by atoms with Gasteiger partial charge >= 0.3 is 6.01 Å². The summed E-state index contributed by atoms with van der Waals surface area (Å²) < 4.78 is 4.94. The van der Waals surface area contributed by atoms with Gasteiger partial charge < -0.3 is 15.4 Å². The number of nitrogens with two attached hydrogens (primary N) is 1. The van der Waals surface area contributed by atoms with Crippen LogP contribution >= 0.6 is 0 Å². The van der Waals surface area contributed by atoms with Gasteiger partial charge in [0.15, 0.2) is 5.82 Å². The molecule has 0 fully saturated rings. The lowest BCUT2D eigenvalue weighted by molar-refractivity contribution is 0.380. The quantitative estimate of drug-likeness (QED) is 0.775. The lowest BCUT2D eigenvalue weighted by Crippen LogP contribution is -2.24. The average Bonchev–Trinajstić information content (AvgIpc) is 2.22. The minimum Gasteiger partial charge on any atom is -0.467 e. The van der Waals surface area contributed by atoms with Crippen LogP contribution < -0.4 is 15.4 Å². The normalized spacial score (nSPS) is 9.93. The fraction of sp³-hybridized carbons (Fsp3) is 0.556. The van der Waals surface area contributed by atoms with Crippen LogP contribution in [0.3, 0.4) is 0 Å². The van der Waals surface area contributed by atoms with Crippen LogP contribution in [0.25, 0.3) is 0 Å². The monoisotopic (exact) mass is 196 g/mol. The van der Waals surface area contributed by atoms with Crippen molar-refractivity contribution in [3.63, 3.8) is 0 Å². The average molecular weight is 196 g/mol. The van der Waals surface area contributed by atoms with Crippen molar-refractivity contribution in [1.29, 1.82) is 0 Å². The number of ether oxygens (including phenoxy) is 1. The van der Waals surface area contributed by atoms with Crippen LogP contribution in [0.2, 0.25) is 0 Å². The first kappa shape index (κ1) is 10.6. The highest BCUT2D eigenvalue weighted by atomic mass is 16.5. The molecule has 0 aliphatic rings. The summed E-state index contributed by atoms with van der Waals surface area (Å²) in [6, 6.07) is 0.348. The van der Waals surface area contributed by atoms with Gasteiger partial charge in [-0.25, -0.2) is 4.98 Å². The molecular formula is C9H16N4O.